The number of benzene rings is 2. The van der Waals surface area contributed by atoms with Gasteiger partial charge in [-0.05, 0) is 49.1 Å². The maximum Gasteiger partial charge on any atom is 0.251 e. The van der Waals surface area contributed by atoms with Crippen molar-refractivity contribution < 1.29 is 14.7 Å². The Morgan fingerprint density at radius 2 is 1.87 bits per heavy atom. The number of hydrogen-bond acceptors (Lipinski definition) is 5. The van der Waals surface area contributed by atoms with Crippen molar-refractivity contribution in [1.29, 1.82) is 0 Å². The Bertz CT molecular complexity index is 1290. The highest BCUT2D eigenvalue weighted by Crippen LogP contribution is 2.30. The summed E-state index contributed by atoms with van der Waals surface area (Å²) in [7, 11) is 1.61. The first kappa shape index (κ1) is 19.7. The second-order valence-corrected chi connectivity index (χ2v) is 8.93. The lowest BCUT2D eigenvalue weighted by Crippen LogP contribution is -2.38. The van der Waals surface area contributed by atoms with E-state index in [1.807, 2.05) is 40.9 Å². The van der Waals surface area contributed by atoms with Crippen molar-refractivity contribution in [2.45, 2.75) is 18.9 Å². The van der Waals surface area contributed by atoms with E-state index in [0.717, 1.165) is 39.3 Å². The van der Waals surface area contributed by atoms with Crippen LogP contribution < -0.4 is 10.6 Å². The van der Waals surface area contributed by atoms with Gasteiger partial charge in [-0.25, -0.2) is 4.98 Å². The Kier molecular flexibility index (Phi) is 4.95. The summed E-state index contributed by atoms with van der Waals surface area (Å²) in [6.45, 7) is 0.601. The van der Waals surface area contributed by atoms with Crippen LogP contribution in [0.25, 0.3) is 26.4 Å². The van der Waals surface area contributed by atoms with Crippen molar-refractivity contribution in [1.82, 2.24) is 20.0 Å². The molecule has 0 aliphatic heterocycles. The number of aliphatic hydroxyl groups is 1. The molecule has 1 aliphatic rings. The molecule has 2 aromatic carbocycles. The molecule has 3 N–H and O–H groups in total. The molecule has 0 atom stereocenters. The Balaban J connectivity index is 1.36. The van der Waals surface area contributed by atoms with Gasteiger partial charge in [-0.2, -0.15) is 0 Å². The standard InChI is InChI=1S/C23H22N4O3S/c1-24-21(29)15-4-2-14(3-5-15)18-12-27-19-7-6-16(10-20(19)31-23(27)26-18)22(30)25-11-13-8-17(28)9-13/h2-7,10,12-13,17,28H,8-9,11H2,1H3,(H,24,29)(H,25,30). The van der Waals surface area contributed by atoms with Crippen LogP contribution in [0.4, 0.5) is 0 Å². The number of amides is 2. The van der Waals surface area contributed by atoms with Gasteiger partial charge in [0.2, 0.25) is 0 Å². The van der Waals surface area contributed by atoms with Crippen molar-refractivity contribution in [3.8, 4) is 11.3 Å². The number of aromatic nitrogens is 2. The lowest BCUT2D eigenvalue weighted by molar-refractivity contribution is 0.0420. The van der Waals surface area contributed by atoms with Crippen molar-refractivity contribution >= 4 is 38.3 Å². The molecule has 1 saturated carbocycles. The average Bonchev–Trinajstić information content (AvgIpc) is 3.32. The highest BCUT2D eigenvalue weighted by Gasteiger charge is 2.27. The van der Waals surface area contributed by atoms with E-state index in [1.54, 1.807) is 19.2 Å². The zero-order valence-corrected chi connectivity index (χ0v) is 17.8. The van der Waals surface area contributed by atoms with E-state index in [9.17, 15) is 14.7 Å². The number of thiazole rings is 1. The second kappa shape index (κ2) is 7.79. The van der Waals surface area contributed by atoms with Crippen LogP contribution in [0.2, 0.25) is 0 Å². The van der Waals surface area contributed by atoms with E-state index in [2.05, 4.69) is 10.6 Å². The summed E-state index contributed by atoms with van der Waals surface area (Å²) in [6, 6.07) is 13.0. The highest BCUT2D eigenvalue weighted by atomic mass is 32.1. The first-order valence-corrected chi connectivity index (χ1v) is 11.0. The van der Waals surface area contributed by atoms with E-state index in [1.165, 1.54) is 11.3 Å². The van der Waals surface area contributed by atoms with Crippen LogP contribution in [0.1, 0.15) is 33.6 Å². The summed E-state index contributed by atoms with van der Waals surface area (Å²) in [4.78, 5) is 29.8. The maximum absolute atomic E-state index is 12.5. The molecule has 5 rings (SSSR count). The molecular formula is C23H22N4O3S. The lowest BCUT2D eigenvalue weighted by Gasteiger charge is -2.31. The fourth-order valence-electron chi connectivity index (χ4n) is 3.92. The minimum Gasteiger partial charge on any atom is -0.393 e. The molecule has 2 heterocycles. The van der Waals surface area contributed by atoms with E-state index < -0.39 is 0 Å². The Hall–Kier alpha value is -3.23. The minimum atomic E-state index is -0.209. The Labute approximate surface area is 182 Å². The molecule has 7 nitrogen and oxygen atoms in total. The average molecular weight is 435 g/mol. The Morgan fingerprint density at radius 3 is 2.58 bits per heavy atom. The monoisotopic (exact) mass is 434 g/mol. The van der Waals surface area contributed by atoms with Gasteiger partial charge in [-0.3, -0.25) is 14.0 Å². The summed E-state index contributed by atoms with van der Waals surface area (Å²) in [5.74, 6) is 0.163. The Morgan fingerprint density at radius 1 is 1.13 bits per heavy atom. The number of carbonyl (C=O) groups is 2. The molecule has 0 bridgehead atoms. The van der Waals surface area contributed by atoms with Crippen molar-refractivity contribution in [2.75, 3.05) is 13.6 Å². The van der Waals surface area contributed by atoms with E-state index in [4.69, 9.17) is 4.98 Å². The molecular weight excluding hydrogens is 412 g/mol. The third kappa shape index (κ3) is 3.68. The number of nitrogens with zero attached hydrogens (tertiary/aromatic N) is 2. The van der Waals surface area contributed by atoms with Crippen molar-refractivity contribution in [2.24, 2.45) is 5.92 Å². The lowest BCUT2D eigenvalue weighted by atomic mass is 9.82. The minimum absolute atomic E-state index is 0.0915. The normalized spacial score (nSPS) is 18.1. The smallest absolute Gasteiger partial charge is 0.251 e. The van der Waals surface area contributed by atoms with Crippen LogP contribution in [-0.2, 0) is 0 Å². The first-order chi connectivity index (χ1) is 15.0. The topological polar surface area (TPSA) is 95.7 Å². The van der Waals surface area contributed by atoms with E-state index in [0.29, 0.717) is 23.6 Å². The summed E-state index contributed by atoms with van der Waals surface area (Å²) in [6.07, 6.45) is 3.29. The van der Waals surface area contributed by atoms with Gasteiger partial charge in [0.25, 0.3) is 11.8 Å². The number of carbonyl (C=O) groups excluding carboxylic acids is 2. The quantitative estimate of drug-likeness (QED) is 0.450. The van der Waals surface area contributed by atoms with Gasteiger partial charge >= 0.3 is 0 Å². The molecule has 0 radical (unpaired) electrons. The van der Waals surface area contributed by atoms with Gasteiger partial charge in [-0.1, -0.05) is 23.5 Å². The van der Waals surface area contributed by atoms with Crippen molar-refractivity contribution in [3.05, 3.63) is 59.8 Å². The van der Waals surface area contributed by atoms with Crippen LogP contribution in [0.3, 0.4) is 0 Å². The fraction of sp³-hybridized carbons (Fsp3) is 0.261. The van der Waals surface area contributed by atoms with E-state index in [-0.39, 0.29) is 17.9 Å². The number of fused-ring (bicyclic) bond motifs is 3. The van der Waals surface area contributed by atoms with E-state index >= 15 is 0 Å². The maximum atomic E-state index is 12.5. The number of imidazole rings is 1. The molecule has 31 heavy (non-hydrogen) atoms. The molecule has 8 heteroatoms. The number of nitrogens with one attached hydrogen (secondary N) is 2. The van der Waals surface area contributed by atoms with Crippen LogP contribution in [-0.4, -0.2) is 46.0 Å². The van der Waals surface area contributed by atoms with Gasteiger partial charge in [-0.15, -0.1) is 0 Å². The molecule has 0 unspecified atom stereocenters. The number of hydrogen-bond donors (Lipinski definition) is 3. The third-order valence-corrected chi connectivity index (χ3v) is 6.81. The zero-order valence-electron chi connectivity index (χ0n) is 17.0. The van der Waals surface area contributed by atoms with Crippen LogP contribution in [0, 0.1) is 5.92 Å². The third-order valence-electron chi connectivity index (χ3n) is 5.79. The zero-order chi connectivity index (χ0) is 21.5. The second-order valence-electron chi connectivity index (χ2n) is 7.92. The molecule has 0 spiro atoms. The van der Waals surface area contributed by atoms with Crippen LogP contribution >= 0.6 is 11.3 Å². The first-order valence-electron chi connectivity index (χ1n) is 10.2. The van der Waals surface area contributed by atoms with Gasteiger partial charge in [0.15, 0.2) is 4.96 Å². The number of aliphatic hydroxyl groups excluding tert-OH is 1. The SMILES string of the molecule is CNC(=O)c1ccc(-c2cn3c(n2)sc2cc(C(=O)NCC4CC(O)C4)ccc23)cc1. The van der Waals surface area contributed by atoms with Crippen molar-refractivity contribution in [3.63, 3.8) is 0 Å². The van der Waals surface area contributed by atoms with Gasteiger partial charge < -0.3 is 15.7 Å². The summed E-state index contributed by atoms with van der Waals surface area (Å²) in [5.41, 5.74) is 4.01. The molecule has 4 aromatic rings. The van der Waals surface area contributed by atoms with Gasteiger partial charge in [0, 0.05) is 36.5 Å². The molecule has 2 aromatic heterocycles. The van der Waals surface area contributed by atoms with Crippen LogP contribution in [0.5, 0.6) is 0 Å². The van der Waals surface area contributed by atoms with Gasteiger partial charge in [0.1, 0.15) is 0 Å². The van der Waals surface area contributed by atoms with Gasteiger partial charge in [0.05, 0.1) is 22.0 Å². The molecule has 1 aliphatic carbocycles. The summed E-state index contributed by atoms with van der Waals surface area (Å²) >= 11 is 1.54. The predicted molar refractivity (Wildman–Crippen MR) is 120 cm³/mol. The highest BCUT2D eigenvalue weighted by molar-refractivity contribution is 7.23. The summed E-state index contributed by atoms with van der Waals surface area (Å²) < 4.78 is 3.02. The fourth-order valence-corrected chi connectivity index (χ4v) is 4.97. The summed E-state index contributed by atoms with van der Waals surface area (Å²) in [5, 5.41) is 14.9. The molecule has 158 valence electrons. The number of rotatable bonds is 5. The largest absolute Gasteiger partial charge is 0.393 e. The molecule has 1 fully saturated rings. The molecule has 0 saturated heterocycles. The predicted octanol–water partition coefficient (Wildman–Crippen LogP) is 3.08. The van der Waals surface area contributed by atoms with Crippen LogP contribution in [0.15, 0.2) is 48.7 Å². The molecule has 2 amide bonds.